The minimum Gasteiger partial charge on any atom is -0.459 e. The van der Waals surface area contributed by atoms with Crippen LogP contribution in [0.25, 0.3) is 11.3 Å². The van der Waals surface area contributed by atoms with Gasteiger partial charge in [0.25, 0.3) is 11.8 Å². The molecule has 11 heteroatoms. The highest BCUT2D eigenvalue weighted by molar-refractivity contribution is 7.80. The van der Waals surface area contributed by atoms with E-state index in [2.05, 4.69) is 15.5 Å². The normalized spacial score (nSPS) is 13.3. The summed E-state index contributed by atoms with van der Waals surface area (Å²) in [5.41, 5.74) is 2.33. The molecule has 5 rings (SSSR count). The highest BCUT2D eigenvalue weighted by Crippen LogP contribution is 2.34. The SMILES string of the molecule is O=C(NC(=S)Nc1ccc(N2CCN(C(=O)c3ccco3)CC2)cc1)c1ccc(-c2cccc(Cl)c2Cl)o1. The Morgan fingerprint density at radius 2 is 1.63 bits per heavy atom. The van der Waals surface area contributed by atoms with Crippen molar-refractivity contribution in [2.45, 2.75) is 0 Å². The number of hydrogen-bond acceptors (Lipinski definition) is 6. The number of rotatable bonds is 5. The van der Waals surface area contributed by atoms with Crippen LogP contribution in [-0.4, -0.2) is 48.0 Å². The van der Waals surface area contributed by atoms with Gasteiger partial charge in [0, 0.05) is 43.1 Å². The van der Waals surface area contributed by atoms with E-state index in [1.165, 1.54) is 6.26 Å². The molecule has 1 fully saturated rings. The standard InChI is InChI=1S/C27H22Cl2N4O4S/c28-20-4-1-3-19(24(20)29)21-10-11-22(37-21)25(34)31-27(38)30-17-6-8-18(9-7-17)32-12-14-33(15-13-32)26(35)23-5-2-16-36-23/h1-11,16H,12-15H2,(H2,30,31,34,38). The summed E-state index contributed by atoms with van der Waals surface area (Å²) in [5.74, 6) is 0.271. The van der Waals surface area contributed by atoms with Crippen LogP contribution in [0, 0.1) is 0 Å². The van der Waals surface area contributed by atoms with Crippen molar-refractivity contribution in [2.24, 2.45) is 0 Å². The largest absolute Gasteiger partial charge is 0.459 e. The summed E-state index contributed by atoms with van der Waals surface area (Å²) < 4.78 is 10.9. The maximum Gasteiger partial charge on any atom is 0.293 e. The lowest BCUT2D eigenvalue weighted by Gasteiger charge is -2.35. The van der Waals surface area contributed by atoms with Crippen LogP contribution in [0.2, 0.25) is 10.0 Å². The van der Waals surface area contributed by atoms with E-state index in [1.807, 2.05) is 24.3 Å². The van der Waals surface area contributed by atoms with Crippen molar-refractivity contribution >= 4 is 63.7 Å². The molecule has 3 heterocycles. The molecule has 38 heavy (non-hydrogen) atoms. The second-order valence-corrected chi connectivity index (χ2v) is 9.67. The maximum absolute atomic E-state index is 12.6. The quantitative estimate of drug-likeness (QED) is 0.288. The Kier molecular flexibility index (Phi) is 7.69. The first-order valence-corrected chi connectivity index (χ1v) is 12.9. The van der Waals surface area contributed by atoms with E-state index in [1.54, 1.807) is 47.4 Å². The molecule has 0 bridgehead atoms. The van der Waals surface area contributed by atoms with E-state index in [4.69, 9.17) is 44.3 Å². The van der Waals surface area contributed by atoms with Gasteiger partial charge in [0.2, 0.25) is 0 Å². The minimum absolute atomic E-state index is 0.0835. The number of thiocarbonyl (C=S) groups is 1. The fraction of sp³-hybridized carbons (Fsp3) is 0.148. The van der Waals surface area contributed by atoms with Gasteiger partial charge in [-0.2, -0.15) is 0 Å². The Labute approximate surface area is 234 Å². The van der Waals surface area contributed by atoms with Gasteiger partial charge in [-0.3, -0.25) is 14.9 Å². The number of nitrogens with one attached hydrogen (secondary N) is 2. The molecule has 194 valence electrons. The lowest BCUT2D eigenvalue weighted by atomic mass is 10.2. The third-order valence-electron chi connectivity index (χ3n) is 6.06. The second kappa shape index (κ2) is 11.3. The third kappa shape index (κ3) is 5.70. The highest BCUT2D eigenvalue weighted by Gasteiger charge is 2.24. The van der Waals surface area contributed by atoms with E-state index < -0.39 is 5.91 Å². The lowest BCUT2D eigenvalue weighted by Crippen LogP contribution is -2.48. The molecule has 0 unspecified atom stereocenters. The van der Waals surface area contributed by atoms with Gasteiger partial charge in [0.1, 0.15) is 5.76 Å². The molecule has 2 N–H and O–H groups in total. The first-order chi connectivity index (χ1) is 18.4. The number of furan rings is 2. The average Bonchev–Trinajstić information content (AvgIpc) is 3.64. The zero-order chi connectivity index (χ0) is 26.6. The number of halogens is 2. The summed E-state index contributed by atoms with van der Waals surface area (Å²) >= 11 is 17.6. The number of piperazine rings is 1. The zero-order valence-corrected chi connectivity index (χ0v) is 22.3. The molecule has 2 amide bonds. The monoisotopic (exact) mass is 568 g/mol. The van der Waals surface area contributed by atoms with E-state index in [0.29, 0.717) is 53.3 Å². The maximum atomic E-state index is 12.6. The Balaban J connectivity index is 1.13. The van der Waals surface area contributed by atoms with Crippen LogP contribution in [-0.2, 0) is 0 Å². The van der Waals surface area contributed by atoms with Crippen LogP contribution in [0.15, 0.2) is 81.8 Å². The Morgan fingerprint density at radius 1 is 0.868 bits per heavy atom. The molecule has 0 radical (unpaired) electrons. The molecule has 2 aromatic carbocycles. The number of amides is 2. The number of anilines is 2. The molecule has 1 aliphatic heterocycles. The van der Waals surface area contributed by atoms with Crippen molar-refractivity contribution in [3.8, 4) is 11.3 Å². The van der Waals surface area contributed by atoms with Crippen LogP contribution in [0.5, 0.6) is 0 Å². The molecule has 0 aliphatic carbocycles. The van der Waals surface area contributed by atoms with Gasteiger partial charge in [-0.1, -0.05) is 29.3 Å². The van der Waals surface area contributed by atoms with Gasteiger partial charge < -0.3 is 24.0 Å². The summed E-state index contributed by atoms with van der Waals surface area (Å²) in [5, 5.41) is 6.49. The zero-order valence-electron chi connectivity index (χ0n) is 19.9. The predicted molar refractivity (Wildman–Crippen MR) is 151 cm³/mol. The van der Waals surface area contributed by atoms with E-state index >= 15 is 0 Å². The van der Waals surface area contributed by atoms with Crippen molar-refractivity contribution < 1.29 is 18.4 Å². The van der Waals surface area contributed by atoms with Crippen molar-refractivity contribution in [1.82, 2.24) is 10.2 Å². The molecule has 1 aliphatic rings. The van der Waals surface area contributed by atoms with E-state index in [0.717, 1.165) is 11.4 Å². The van der Waals surface area contributed by atoms with E-state index in [-0.39, 0.29) is 16.8 Å². The molecule has 0 spiro atoms. The number of carbonyl (C=O) groups is 2. The van der Waals surface area contributed by atoms with Gasteiger partial charge in [-0.25, -0.2) is 0 Å². The molecule has 4 aromatic rings. The van der Waals surface area contributed by atoms with E-state index in [9.17, 15) is 9.59 Å². The first kappa shape index (κ1) is 25.8. The van der Waals surface area contributed by atoms with Crippen LogP contribution >= 0.6 is 35.4 Å². The number of nitrogens with zero attached hydrogens (tertiary/aromatic N) is 2. The van der Waals surface area contributed by atoms with Crippen LogP contribution in [0.3, 0.4) is 0 Å². The number of benzene rings is 2. The van der Waals surface area contributed by atoms with Gasteiger partial charge in [0.05, 0.1) is 16.3 Å². The van der Waals surface area contributed by atoms with Gasteiger partial charge >= 0.3 is 0 Å². The molecule has 0 saturated carbocycles. The Morgan fingerprint density at radius 3 is 2.34 bits per heavy atom. The van der Waals surface area contributed by atoms with Crippen molar-refractivity contribution in [2.75, 3.05) is 36.4 Å². The first-order valence-electron chi connectivity index (χ1n) is 11.7. The molecular weight excluding hydrogens is 547 g/mol. The summed E-state index contributed by atoms with van der Waals surface area (Å²) in [4.78, 5) is 29.1. The molecule has 2 aromatic heterocycles. The smallest absolute Gasteiger partial charge is 0.293 e. The average molecular weight is 569 g/mol. The molecule has 1 saturated heterocycles. The van der Waals surface area contributed by atoms with Crippen LogP contribution in [0.1, 0.15) is 21.1 Å². The fourth-order valence-corrected chi connectivity index (χ4v) is 4.71. The predicted octanol–water partition coefficient (Wildman–Crippen LogP) is 5.94. The summed E-state index contributed by atoms with van der Waals surface area (Å²) in [6, 6.07) is 19.4. The second-order valence-electron chi connectivity index (χ2n) is 8.48. The molecule has 8 nitrogen and oxygen atoms in total. The highest BCUT2D eigenvalue weighted by atomic mass is 35.5. The van der Waals surface area contributed by atoms with Gasteiger partial charge in [-0.15, -0.1) is 0 Å². The van der Waals surface area contributed by atoms with Crippen LogP contribution in [0.4, 0.5) is 11.4 Å². The Hall–Kier alpha value is -3.79. The third-order valence-corrected chi connectivity index (χ3v) is 7.09. The minimum atomic E-state index is -0.495. The van der Waals surface area contributed by atoms with Gasteiger partial charge in [0.15, 0.2) is 16.6 Å². The number of hydrogen-bond donors (Lipinski definition) is 2. The Bertz CT molecular complexity index is 1460. The summed E-state index contributed by atoms with van der Waals surface area (Å²) in [6.45, 7) is 2.62. The molecule has 0 atom stereocenters. The lowest BCUT2D eigenvalue weighted by molar-refractivity contribution is 0.0714. The molecular formula is C27H22Cl2N4O4S. The topological polar surface area (TPSA) is 91.0 Å². The van der Waals surface area contributed by atoms with Crippen molar-refractivity contribution in [1.29, 1.82) is 0 Å². The van der Waals surface area contributed by atoms with Crippen molar-refractivity contribution in [3.05, 3.63) is 94.6 Å². The fourth-order valence-electron chi connectivity index (χ4n) is 4.11. The van der Waals surface area contributed by atoms with Gasteiger partial charge in [-0.05, 0) is 72.9 Å². The van der Waals surface area contributed by atoms with Crippen molar-refractivity contribution in [3.63, 3.8) is 0 Å². The van der Waals surface area contributed by atoms with Crippen LogP contribution < -0.4 is 15.5 Å². The summed E-state index contributed by atoms with van der Waals surface area (Å²) in [6.07, 6.45) is 1.50. The summed E-state index contributed by atoms with van der Waals surface area (Å²) in [7, 11) is 0. The number of carbonyl (C=O) groups excluding carboxylic acids is 2.